The fourth-order valence-corrected chi connectivity index (χ4v) is 3.63. The second kappa shape index (κ2) is 10.7. The van der Waals surface area contributed by atoms with Crippen LogP contribution in [0.4, 0.5) is 5.69 Å². The van der Waals surface area contributed by atoms with Gasteiger partial charge in [-0.2, -0.15) is 0 Å². The first kappa shape index (κ1) is 23.2. The lowest BCUT2D eigenvalue weighted by atomic mass is 9.99. The number of rotatable bonds is 10. The smallest absolute Gasteiger partial charge is 0.0868 e. The molecular weight excluding hydrogens is 398 g/mol. The summed E-state index contributed by atoms with van der Waals surface area (Å²) in [5.41, 5.74) is 18.1. The highest BCUT2D eigenvalue weighted by atomic mass is 15.1. The zero-order valence-electron chi connectivity index (χ0n) is 19.1. The number of aliphatic imine (C=N–C) groups is 1. The van der Waals surface area contributed by atoms with Gasteiger partial charge in [-0.3, -0.25) is 10.4 Å². The molecule has 0 saturated heterocycles. The number of allylic oxidation sites excluding steroid dienone is 1. The first-order chi connectivity index (χ1) is 15.4. The molecule has 2 aromatic carbocycles. The van der Waals surface area contributed by atoms with E-state index < -0.39 is 0 Å². The van der Waals surface area contributed by atoms with Gasteiger partial charge < -0.3 is 26.7 Å². The average molecular weight is 432 g/mol. The lowest BCUT2D eigenvalue weighted by Gasteiger charge is -2.09. The number of aromatic amines is 1. The van der Waals surface area contributed by atoms with Crippen LogP contribution in [0.3, 0.4) is 0 Å². The Morgan fingerprint density at radius 1 is 1.19 bits per heavy atom. The van der Waals surface area contributed by atoms with Crippen LogP contribution in [0.1, 0.15) is 28.8 Å². The molecule has 0 aliphatic heterocycles. The Balaban J connectivity index is 1.79. The fourth-order valence-electron chi connectivity index (χ4n) is 3.63. The summed E-state index contributed by atoms with van der Waals surface area (Å²) in [7, 11) is 5.88. The Morgan fingerprint density at radius 3 is 2.72 bits per heavy atom. The molecule has 0 spiro atoms. The molecule has 3 aromatic rings. The van der Waals surface area contributed by atoms with Crippen molar-refractivity contribution in [2.45, 2.75) is 13.0 Å². The Labute approximate surface area is 189 Å². The number of fused-ring (bicyclic) bond motifs is 1. The Bertz CT molecular complexity index is 1140. The van der Waals surface area contributed by atoms with E-state index in [0.717, 1.165) is 53.8 Å². The topological polar surface area (TPSA) is 119 Å². The third-order valence-electron chi connectivity index (χ3n) is 5.35. The minimum absolute atomic E-state index is 0.341. The number of nitrogens with two attached hydrogens (primary N) is 2. The summed E-state index contributed by atoms with van der Waals surface area (Å²) in [5, 5.41) is 13.3. The monoisotopic (exact) mass is 431 g/mol. The van der Waals surface area contributed by atoms with Gasteiger partial charge in [0.2, 0.25) is 0 Å². The molecule has 0 saturated carbocycles. The van der Waals surface area contributed by atoms with Crippen molar-refractivity contribution in [1.29, 1.82) is 5.41 Å². The van der Waals surface area contributed by atoms with Crippen molar-refractivity contribution in [3.8, 4) is 0 Å². The summed E-state index contributed by atoms with van der Waals surface area (Å²) in [6.45, 7) is 2.88. The number of hydrogen-bond donors (Lipinski definition) is 5. The summed E-state index contributed by atoms with van der Waals surface area (Å²) in [6, 6.07) is 13.9. The van der Waals surface area contributed by atoms with Crippen molar-refractivity contribution in [3.05, 3.63) is 71.0 Å². The van der Waals surface area contributed by atoms with Crippen LogP contribution in [0.15, 0.2) is 53.7 Å². The van der Waals surface area contributed by atoms with E-state index in [0.29, 0.717) is 17.0 Å². The maximum atomic E-state index is 8.77. The largest absolute Gasteiger partial charge is 0.404 e. The molecule has 7 nitrogen and oxygen atoms in total. The van der Waals surface area contributed by atoms with Crippen LogP contribution in [0.25, 0.3) is 16.5 Å². The first-order valence-electron chi connectivity index (χ1n) is 10.7. The van der Waals surface area contributed by atoms with Crippen LogP contribution < -0.4 is 16.8 Å². The summed E-state index contributed by atoms with van der Waals surface area (Å²) in [4.78, 5) is 9.59. The van der Waals surface area contributed by atoms with Crippen LogP contribution in [-0.2, 0) is 6.54 Å². The second-order valence-corrected chi connectivity index (χ2v) is 8.12. The van der Waals surface area contributed by atoms with Gasteiger partial charge in [0.1, 0.15) is 0 Å². The molecule has 7 heteroatoms. The molecule has 1 aromatic heterocycles. The van der Waals surface area contributed by atoms with Crippen molar-refractivity contribution in [3.63, 3.8) is 0 Å². The molecule has 0 unspecified atom stereocenters. The third-order valence-corrected chi connectivity index (χ3v) is 5.35. The molecular formula is C25H33N7. The fraction of sp³-hybridized carbons (Fsp3) is 0.280. The van der Waals surface area contributed by atoms with Crippen molar-refractivity contribution >= 4 is 34.1 Å². The summed E-state index contributed by atoms with van der Waals surface area (Å²) >= 11 is 0. The van der Waals surface area contributed by atoms with Crippen LogP contribution in [0.5, 0.6) is 0 Å². The Kier molecular flexibility index (Phi) is 7.81. The highest BCUT2D eigenvalue weighted by Crippen LogP contribution is 2.24. The van der Waals surface area contributed by atoms with E-state index in [2.05, 4.69) is 52.5 Å². The van der Waals surface area contributed by atoms with Gasteiger partial charge >= 0.3 is 0 Å². The van der Waals surface area contributed by atoms with Gasteiger partial charge in [-0.1, -0.05) is 12.1 Å². The highest BCUT2D eigenvalue weighted by Gasteiger charge is 2.13. The van der Waals surface area contributed by atoms with Crippen LogP contribution in [-0.4, -0.2) is 56.0 Å². The predicted molar refractivity (Wildman–Crippen MR) is 137 cm³/mol. The quantitative estimate of drug-likeness (QED) is 0.192. The van der Waals surface area contributed by atoms with Crippen molar-refractivity contribution in [2.75, 3.05) is 40.0 Å². The summed E-state index contributed by atoms with van der Waals surface area (Å²) in [5.74, 6) is 0. The van der Waals surface area contributed by atoms with E-state index in [4.69, 9.17) is 16.9 Å². The number of hydrogen-bond acceptors (Lipinski definition) is 6. The molecule has 0 aliphatic carbocycles. The van der Waals surface area contributed by atoms with Gasteiger partial charge in [-0.05, 0) is 75.1 Å². The molecule has 7 N–H and O–H groups in total. The van der Waals surface area contributed by atoms with Gasteiger partial charge in [-0.15, -0.1) is 0 Å². The summed E-state index contributed by atoms with van der Waals surface area (Å²) in [6.07, 6.45) is 4.31. The Hall–Kier alpha value is -3.42. The second-order valence-electron chi connectivity index (χ2n) is 8.12. The van der Waals surface area contributed by atoms with Crippen LogP contribution >= 0.6 is 0 Å². The molecule has 1 heterocycles. The molecule has 168 valence electrons. The predicted octanol–water partition coefficient (Wildman–Crippen LogP) is 3.21. The number of nitrogens with one attached hydrogen (secondary N) is 3. The van der Waals surface area contributed by atoms with Gasteiger partial charge in [0.15, 0.2) is 0 Å². The van der Waals surface area contributed by atoms with Crippen molar-refractivity contribution in [1.82, 2.24) is 15.2 Å². The van der Waals surface area contributed by atoms with E-state index in [-0.39, 0.29) is 0 Å². The van der Waals surface area contributed by atoms with E-state index in [1.54, 1.807) is 19.3 Å². The zero-order chi connectivity index (χ0) is 23.1. The molecule has 0 aliphatic rings. The number of nitrogen functional groups attached to an aromatic ring is 1. The van der Waals surface area contributed by atoms with E-state index >= 15 is 0 Å². The van der Waals surface area contributed by atoms with E-state index in [9.17, 15) is 0 Å². The van der Waals surface area contributed by atoms with Crippen molar-refractivity contribution < 1.29 is 0 Å². The standard InChI is InChI=1S/C25H33N7/c1-29-16-20(14-26)18-6-7-22(27)21(12-18)25(28)24-13-19-11-17(5-8-23(19)31-24)15-30-9-4-10-32(2)3/h5-8,11-14,16,28,30-31H,4,9-10,15,26-27H2,1-3H3/b20-14+,28-25?,29-16?. The van der Waals surface area contributed by atoms with Gasteiger partial charge in [0.25, 0.3) is 0 Å². The number of anilines is 1. The lowest BCUT2D eigenvalue weighted by molar-refractivity contribution is 0.394. The molecule has 0 bridgehead atoms. The maximum Gasteiger partial charge on any atom is 0.0868 e. The van der Waals surface area contributed by atoms with Crippen molar-refractivity contribution in [2.24, 2.45) is 10.7 Å². The van der Waals surface area contributed by atoms with E-state index in [1.807, 2.05) is 18.2 Å². The maximum absolute atomic E-state index is 8.77. The molecule has 32 heavy (non-hydrogen) atoms. The molecule has 0 amide bonds. The number of H-pyrrole nitrogens is 1. The van der Waals surface area contributed by atoms with Gasteiger partial charge in [-0.25, -0.2) is 0 Å². The average Bonchev–Trinajstić information content (AvgIpc) is 3.20. The molecule has 3 rings (SSSR count). The normalized spacial score (nSPS) is 12.3. The lowest BCUT2D eigenvalue weighted by Crippen LogP contribution is -2.20. The minimum Gasteiger partial charge on any atom is -0.404 e. The molecule has 0 radical (unpaired) electrons. The minimum atomic E-state index is 0.341. The first-order valence-corrected chi connectivity index (χ1v) is 10.7. The Morgan fingerprint density at radius 2 is 2.00 bits per heavy atom. The SMILES string of the molecule is CN=C/C(=C\N)c1ccc(N)c(C(=N)c2cc3cc(CNCCCN(C)C)ccc3[nH]2)c1. The van der Waals surface area contributed by atoms with Gasteiger partial charge in [0, 0.05) is 53.7 Å². The number of aromatic nitrogens is 1. The zero-order valence-corrected chi connectivity index (χ0v) is 19.1. The number of benzene rings is 2. The van der Waals surface area contributed by atoms with Crippen LogP contribution in [0, 0.1) is 5.41 Å². The number of nitrogens with zero attached hydrogens (tertiary/aromatic N) is 2. The van der Waals surface area contributed by atoms with E-state index in [1.165, 1.54) is 11.8 Å². The summed E-state index contributed by atoms with van der Waals surface area (Å²) < 4.78 is 0. The molecule has 0 fully saturated rings. The third kappa shape index (κ3) is 5.63. The molecule has 0 atom stereocenters. The van der Waals surface area contributed by atoms with Gasteiger partial charge in [0.05, 0.1) is 11.4 Å². The van der Waals surface area contributed by atoms with Crippen LogP contribution in [0.2, 0.25) is 0 Å². The highest BCUT2D eigenvalue weighted by molar-refractivity contribution is 6.16.